The maximum atomic E-state index is 14.7. The van der Waals surface area contributed by atoms with Gasteiger partial charge >= 0.3 is 0 Å². The fourth-order valence-electron chi connectivity index (χ4n) is 3.72. The third-order valence-corrected chi connectivity index (χ3v) is 5.27. The highest BCUT2D eigenvalue weighted by Crippen LogP contribution is 2.44. The Morgan fingerprint density at radius 1 is 0.875 bits per heavy atom. The molecule has 0 nitrogen and oxygen atoms in total. The van der Waals surface area contributed by atoms with Crippen LogP contribution in [0.4, 0.5) is 17.6 Å². The van der Waals surface area contributed by atoms with E-state index in [2.05, 4.69) is 6.92 Å². The summed E-state index contributed by atoms with van der Waals surface area (Å²) in [5.74, 6) is -2.58. The molecule has 4 heteroatoms. The van der Waals surface area contributed by atoms with E-state index < -0.39 is 34.2 Å². The molecule has 0 unspecified atom stereocenters. The third-order valence-electron chi connectivity index (χ3n) is 5.27. The summed E-state index contributed by atoms with van der Waals surface area (Å²) < 4.78 is 57.2. The predicted molar refractivity (Wildman–Crippen MR) is 86.7 cm³/mol. The van der Waals surface area contributed by atoms with Crippen molar-refractivity contribution in [3.63, 3.8) is 0 Å². The zero-order valence-electron chi connectivity index (χ0n) is 13.8. The minimum Gasteiger partial charge on any atom is -0.207 e. The van der Waals surface area contributed by atoms with E-state index in [1.807, 2.05) is 6.92 Å². The lowest BCUT2D eigenvalue weighted by Crippen LogP contribution is -2.30. The van der Waals surface area contributed by atoms with Gasteiger partial charge in [0.2, 0.25) is 0 Å². The van der Waals surface area contributed by atoms with Gasteiger partial charge in [0, 0.05) is 5.56 Å². The molecule has 0 spiro atoms. The lowest BCUT2D eigenvalue weighted by atomic mass is 9.68. The molecule has 1 aliphatic rings. The van der Waals surface area contributed by atoms with Gasteiger partial charge in [-0.05, 0) is 66.8 Å². The molecule has 2 aromatic rings. The van der Waals surface area contributed by atoms with E-state index in [1.165, 1.54) is 6.07 Å². The standard InChI is InChI=1S/C20H20F4/c1-12-6-8-20(2,9-7-12)19-16(23)10-13(11-17(19)24)18-14(21)4-3-5-15(18)22/h3-5,10-12H,6-9H2,1-2H3. The van der Waals surface area contributed by atoms with E-state index in [0.717, 1.165) is 37.1 Å². The number of hydrogen-bond acceptors (Lipinski definition) is 0. The normalized spacial score (nSPS) is 24.2. The number of rotatable bonds is 2. The van der Waals surface area contributed by atoms with Crippen molar-refractivity contribution in [2.24, 2.45) is 5.92 Å². The molecule has 0 heterocycles. The van der Waals surface area contributed by atoms with E-state index in [-0.39, 0.29) is 11.1 Å². The first kappa shape index (κ1) is 17.0. The van der Waals surface area contributed by atoms with E-state index in [9.17, 15) is 17.6 Å². The second-order valence-electron chi connectivity index (χ2n) is 7.15. The van der Waals surface area contributed by atoms with Gasteiger partial charge in [-0.3, -0.25) is 0 Å². The van der Waals surface area contributed by atoms with Crippen molar-refractivity contribution in [1.82, 2.24) is 0 Å². The molecule has 1 aliphatic carbocycles. The summed E-state index contributed by atoms with van der Waals surface area (Å²) in [5.41, 5.74) is -1.05. The van der Waals surface area contributed by atoms with Crippen molar-refractivity contribution >= 4 is 0 Å². The first-order chi connectivity index (χ1) is 11.3. The van der Waals surface area contributed by atoms with Crippen LogP contribution in [-0.4, -0.2) is 0 Å². The Balaban J connectivity index is 2.07. The van der Waals surface area contributed by atoms with Crippen molar-refractivity contribution in [3.8, 4) is 11.1 Å². The number of halogens is 4. The van der Waals surface area contributed by atoms with E-state index in [0.29, 0.717) is 18.8 Å². The zero-order chi connectivity index (χ0) is 17.5. The largest absolute Gasteiger partial charge is 0.207 e. The fraction of sp³-hybridized carbons (Fsp3) is 0.400. The molecule has 0 bridgehead atoms. The molecule has 0 radical (unpaired) electrons. The lowest BCUT2D eigenvalue weighted by molar-refractivity contribution is 0.248. The molecule has 0 atom stereocenters. The topological polar surface area (TPSA) is 0 Å². The van der Waals surface area contributed by atoms with Gasteiger partial charge in [-0.15, -0.1) is 0 Å². The average Bonchev–Trinajstić information content (AvgIpc) is 2.50. The molecule has 0 aliphatic heterocycles. The second-order valence-corrected chi connectivity index (χ2v) is 7.15. The van der Waals surface area contributed by atoms with Crippen molar-refractivity contribution in [2.75, 3.05) is 0 Å². The fourth-order valence-corrected chi connectivity index (χ4v) is 3.72. The summed E-state index contributed by atoms with van der Waals surface area (Å²) in [7, 11) is 0. The Morgan fingerprint density at radius 3 is 1.88 bits per heavy atom. The highest BCUT2D eigenvalue weighted by molar-refractivity contribution is 5.65. The molecule has 0 N–H and O–H groups in total. The summed E-state index contributed by atoms with van der Waals surface area (Å²) >= 11 is 0. The predicted octanol–water partition coefficient (Wildman–Crippen LogP) is 6.38. The Bertz CT molecular complexity index is 715. The first-order valence-corrected chi connectivity index (χ1v) is 8.26. The maximum Gasteiger partial charge on any atom is 0.133 e. The SMILES string of the molecule is CC1CCC(C)(c2c(F)cc(-c3c(F)cccc3F)cc2F)CC1. The Kier molecular flexibility index (Phi) is 4.41. The summed E-state index contributed by atoms with van der Waals surface area (Å²) in [6.07, 6.45) is 3.24. The van der Waals surface area contributed by atoms with Crippen LogP contribution in [0.3, 0.4) is 0 Å². The van der Waals surface area contributed by atoms with Crippen LogP contribution in [0.1, 0.15) is 45.1 Å². The van der Waals surface area contributed by atoms with Crippen LogP contribution in [0.2, 0.25) is 0 Å². The lowest BCUT2D eigenvalue weighted by Gasteiger charge is -2.37. The molecular formula is C20H20F4. The Labute approximate surface area is 139 Å². The second kappa shape index (κ2) is 6.23. The smallest absolute Gasteiger partial charge is 0.133 e. The van der Waals surface area contributed by atoms with Crippen LogP contribution in [0.25, 0.3) is 11.1 Å². The molecule has 0 saturated heterocycles. The summed E-state index contributed by atoms with van der Waals surface area (Å²) in [6, 6.07) is 5.46. The number of hydrogen-bond donors (Lipinski definition) is 0. The zero-order valence-corrected chi connectivity index (χ0v) is 13.8. The first-order valence-electron chi connectivity index (χ1n) is 8.26. The van der Waals surface area contributed by atoms with E-state index >= 15 is 0 Å². The van der Waals surface area contributed by atoms with Crippen LogP contribution in [-0.2, 0) is 5.41 Å². The maximum absolute atomic E-state index is 14.7. The summed E-state index contributed by atoms with van der Waals surface area (Å²) in [5, 5.41) is 0. The van der Waals surface area contributed by atoms with Crippen LogP contribution in [0, 0.1) is 29.2 Å². The van der Waals surface area contributed by atoms with Crippen LogP contribution in [0.15, 0.2) is 30.3 Å². The van der Waals surface area contributed by atoms with E-state index in [1.54, 1.807) is 0 Å². The van der Waals surface area contributed by atoms with Gasteiger partial charge in [-0.1, -0.05) is 19.9 Å². The minimum atomic E-state index is -0.834. The highest BCUT2D eigenvalue weighted by Gasteiger charge is 2.36. The Hall–Kier alpha value is -1.84. The monoisotopic (exact) mass is 336 g/mol. The number of benzene rings is 2. The molecule has 24 heavy (non-hydrogen) atoms. The van der Waals surface area contributed by atoms with Gasteiger partial charge < -0.3 is 0 Å². The van der Waals surface area contributed by atoms with Gasteiger partial charge in [0.25, 0.3) is 0 Å². The molecule has 1 saturated carbocycles. The quantitative estimate of drug-likeness (QED) is 0.558. The Morgan fingerprint density at radius 2 is 1.38 bits per heavy atom. The summed E-state index contributed by atoms with van der Waals surface area (Å²) in [4.78, 5) is 0. The highest BCUT2D eigenvalue weighted by atomic mass is 19.1. The van der Waals surface area contributed by atoms with Gasteiger partial charge in [-0.25, -0.2) is 17.6 Å². The average molecular weight is 336 g/mol. The summed E-state index contributed by atoms with van der Waals surface area (Å²) in [6.45, 7) is 4.00. The van der Waals surface area contributed by atoms with Crippen molar-refractivity contribution in [1.29, 1.82) is 0 Å². The van der Waals surface area contributed by atoms with Gasteiger partial charge in [0.05, 0.1) is 5.56 Å². The molecule has 1 fully saturated rings. The van der Waals surface area contributed by atoms with Crippen molar-refractivity contribution in [3.05, 3.63) is 59.2 Å². The minimum absolute atomic E-state index is 0.0369. The molecule has 128 valence electrons. The van der Waals surface area contributed by atoms with Crippen molar-refractivity contribution in [2.45, 2.75) is 44.9 Å². The van der Waals surface area contributed by atoms with Crippen LogP contribution in [0.5, 0.6) is 0 Å². The van der Waals surface area contributed by atoms with Crippen LogP contribution >= 0.6 is 0 Å². The molecular weight excluding hydrogens is 316 g/mol. The molecule has 2 aromatic carbocycles. The van der Waals surface area contributed by atoms with E-state index in [4.69, 9.17) is 0 Å². The van der Waals surface area contributed by atoms with Crippen molar-refractivity contribution < 1.29 is 17.6 Å². The van der Waals surface area contributed by atoms with Gasteiger partial charge in [-0.2, -0.15) is 0 Å². The molecule has 0 amide bonds. The van der Waals surface area contributed by atoms with Gasteiger partial charge in [0.1, 0.15) is 23.3 Å². The third kappa shape index (κ3) is 2.94. The molecule has 0 aromatic heterocycles. The van der Waals surface area contributed by atoms with Crippen LogP contribution < -0.4 is 0 Å². The van der Waals surface area contributed by atoms with Gasteiger partial charge in [0.15, 0.2) is 0 Å². The molecule has 3 rings (SSSR count).